The fourth-order valence-corrected chi connectivity index (χ4v) is 4.60. The quantitative estimate of drug-likeness (QED) is 0.104. The number of unbranched alkanes of at least 4 members (excludes halogenated alkanes) is 14. The lowest BCUT2D eigenvalue weighted by atomic mass is 10.1. The van der Waals surface area contributed by atoms with Gasteiger partial charge >= 0.3 is 5.97 Å². The van der Waals surface area contributed by atoms with E-state index in [1.54, 1.807) is 0 Å². The van der Waals surface area contributed by atoms with E-state index < -0.39 is 22.0 Å². The molecule has 0 spiro atoms. The number of nitrogens with zero attached hydrogens (tertiary/aromatic N) is 1. The third-order valence-corrected chi connectivity index (χ3v) is 6.63. The Labute approximate surface area is 198 Å². The van der Waals surface area contributed by atoms with Gasteiger partial charge in [-0.15, -0.1) is 0 Å². The van der Waals surface area contributed by atoms with Crippen molar-refractivity contribution in [2.45, 2.75) is 129 Å². The van der Waals surface area contributed by atoms with Crippen molar-refractivity contribution >= 4 is 16.1 Å². The van der Waals surface area contributed by atoms with E-state index >= 15 is 0 Å². The van der Waals surface area contributed by atoms with Gasteiger partial charge in [0.1, 0.15) is 11.9 Å². The van der Waals surface area contributed by atoms with Crippen LogP contribution in [0.4, 0.5) is 0 Å². The topological polar surface area (TPSA) is 83.9 Å². The molecule has 7 heteroatoms. The fraction of sp³-hybridized carbons (Fsp3) is 0.960. The van der Waals surface area contributed by atoms with Gasteiger partial charge in [-0.3, -0.25) is 9.35 Å². The zero-order chi connectivity index (χ0) is 24.1. The minimum Gasteiger partial charge on any atom is -0.460 e. The molecular weight excluding hydrogens is 426 g/mol. The Bertz CT molecular complexity index is 538. The van der Waals surface area contributed by atoms with Crippen molar-refractivity contribution in [3.05, 3.63) is 0 Å². The standard InChI is InChI=1S/C25H51NO5S/c1-4-6-8-10-11-12-13-14-15-16-18-20-25(27)31-24(23-32(28,29)30)22-26(3)21-19-17-9-7-5-2/h24H,4-23H2,1-3H3,(H,28,29,30). The minimum absolute atomic E-state index is 0.305. The molecule has 0 aliphatic rings. The van der Waals surface area contributed by atoms with Crippen molar-refractivity contribution in [3.63, 3.8) is 0 Å². The van der Waals surface area contributed by atoms with E-state index in [1.165, 1.54) is 70.6 Å². The van der Waals surface area contributed by atoms with Crippen LogP contribution >= 0.6 is 0 Å². The van der Waals surface area contributed by atoms with Gasteiger partial charge < -0.3 is 9.64 Å². The van der Waals surface area contributed by atoms with Crippen LogP contribution in [0.3, 0.4) is 0 Å². The molecule has 0 aromatic rings. The second-order valence-corrected chi connectivity index (χ2v) is 10.8. The highest BCUT2D eigenvalue weighted by molar-refractivity contribution is 7.85. The number of ether oxygens (including phenoxy) is 1. The van der Waals surface area contributed by atoms with Crippen LogP contribution in [0.15, 0.2) is 0 Å². The molecule has 0 bridgehead atoms. The highest BCUT2D eigenvalue weighted by atomic mass is 32.2. The summed E-state index contributed by atoms with van der Waals surface area (Å²) in [6.07, 6.45) is 18.6. The molecule has 32 heavy (non-hydrogen) atoms. The smallest absolute Gasteiger partial charge is 0.306 e. The van der Waals surface area contributed by atoms with Crippen LogP contribution in [-0.2, 0) is 19.6 Å². The third-order valence-electron chi connectivity index (χ3n) is 5.84. The van der Waals surface area contributed by atoms with Crippen molar-refractivity contribution < 1.29 is 22.5 Å². The summed E-state index contributed by atoms with van der Waals surface area (Å²) in [4.78, 5) is 14.2. The van der Waals surface area contributed by atoms with Gasteiger partial charge in [-0.05, 0) is 26.4 Å². The summed E-state index contributed by atoms with van der Waals surface area (Å²) in [6.45, 7) is 5.55. The molecule has 0 aromatic heterocycles. The van der Waals surface area contributed by atoms with Crippen LogP contribution in [0.25, 0.3) is 0 Å². The summed E-state index contributed by atoms with van der Waals surface area (Å²) >= 11 is 0. The lowest BCUT2D eigenvalue weighted by Gasteiger charge is -2.23. The molecule has 1 N–H and O–H groups in total. The van der Waals surface area contributed by atoms with Crippen molar-refractivity contribution in [2.24, 2.45) is 0 Å². The summed E-state index contributed by atoms with van der Waals surface area (Å²) in [5, 5.41) is 0. The van der Waals surface area contributed by atoms with Crippen LogP contribution in [-0.4, -0.2) is 55.8 Å². The number of esters is 1. The highest BCUT2D eigenvalue weighted by Crippen LogP contribution is 2.13. The van der Waals surface area contributed by atoms with Crippen LogP contribution in [0.1, 0.15) is 123 Å². The Kier molecular flexibility index (Phi) is 20.5. The zero-order valence-corrected chi connectivity index (χ0v) is 22.0. The molecule has 0 saturated heterocycles. The average molecular weight is 478 g/mol. The van der Waals surface area contributed by atoms with E-state index in [4.69, 9.17) is 4.74 Å². The Morgan fingerprint density at radius 2 is 1.22 bits per heavy atom. The summed E-state index contributed by atoms with van der Waals surface area (Å²) in [5.74, 6) is -0.914. The molecule has 0 heterocycles. The minimum atomic E-state index is -4.20. The molecule has 192 valence electrons. The number of carbonyl (C=O) groups is 1. The number of carbonyl (C=O) groups excluding carboxylic acids is 1. The number of hydrogen-bond donors (Lipinski definition) is 1. The van der Waals surface area contributed by atoms with Crippen molar-refractivity contribution in [1.82, 2.24) is 4.90 Å². The van der Waals surface area contributed by atoms with Gasteiger partial charge in [-0.2, -0.15) is 8.42 Å². The average Bonchev–Trinajstić information content (AvgIpc) is 2.70. The first-order chi connectivity index (χ1) is 15.3. The largest absolute Gasteiger partial charge is 0.460 e. The SMILES string of the molecule is CCCCCCCCCCCCCC(=O)OC(CN(C)CCCCCCC)CS(=O)(=O)O. The van der Waals surface area contributed by atoms with Crippen molar-refractivity contribution in [3.8, 4) is 0 Å². The molecule has 0 aliphatic carbocycles. The Balaban J connectivity index is 4.02. The summed E-state index contributed by atoms with van der Waals surface area (Å²) in [5.41, 5.74) is 0. The Hall–Kier alpha value is -0.660. The monoisotopic (exact) mass is 477 g/mol. The molecule has 1 atom stereocenters. The van der Waals surface area contributed by atoms with Crippen molar-refractivity contribution in [1.29, 1.82) is 0 Å². The lowest BCUT2D eigenvalue weighted by molar-refractivity contribution is -0.148. The van der Waals surface area contributed by atoms with Crippen LogP contribution in [0, 0.1) is 0 Å². The number of hydrogen-bond acceptors (Lipinski definition) is 5. The number of rotatable bonds is 23. The van der Waals surface area contributed by atoms with Gasteiger partial charge in [0, 0.05) is 13.0 Å². The molecule has 0 aromatic carbocycles. The predicted octanol–water partition coefficient (Wildman–Crippen LogP) is 6.39. The maximum absolute atomic E-state index is 12.2. The van der Waals surface area contributed by atoms with Gasteiger partial charge in [0.15, 0.2) is 0 Å². The first-order valence-corrected chi connectivity index (χ1v) is 14.7. The first-order valence-electron chi connectivity index (χ1n) is 13.1. The highest BCUT2D eigenvalue weighted by Gasteiger charge is 2.22. The molecule has 0 radical (unpaired) electrons. The fourth-order valence-electron chi connectivity index (χ4n) is 3.96. The summed E-state index contributed by atoms with van der Waals surface area (Å²) in [6, 6.07) is 0. The van der Waals surface area contributed by atoms with E-state index in [-0.39, 0.29) is 5.97 Å². The summed E-state index contributed by atoms with van der Waals surface area (Å²) < 4.78 is 37.3. The lowest BCUT2D eigenvalue weighted by Crippen LogP contribution is -2.37. The van der Waals surface area contributed by atoms with Crippen LogP contribution < -0.4 is 0 Å². The first kappa shape index (κ1) is 31.3. The van der Waals surface area contributed by atoms with E-state index in [0.29, 0.717) is 13.0 Å². The molecule has 0 saturated carbocycles. The molecular formula is C25H51NO5S. The molecule has 0 amide bonds. The molecule has 0 rings (SSSR count). The van der Waals surface area contributed by atoms with Crippen LogP contribution in [0.5, 0.6) is 0 Å². The zero-order valence-electron chi connectivity index (χ0n) is 21.2. The predicted molar refractivity (Wildman–Crippen MR) is 134 cm³/mol. The molecule has 1 unspecified atom stereocenters. The van der Waals surface area contributed by atoms with Gasteiger partial charge in [0.2, 0.25) is 0 Å². The van der Waals surface area contributed by atoms with Crippen LogP contribution in [0.2, 0.25) is 0 Å². The summed E-state index contributed by atoms with van der Waals surface area (Å²) in [7, 11) is -2.30. The maximum atomic E-state index is 12.2. The second kappa shape index (κ2) is 20.9. The van der Waals surface area contributed by atoms with Gasteiger partial charge in [0.25, 0.3) is 10.1 Å². The third kappa shape index (κ3) is 22.5. The maximum Gasteiger partial charge on any atom is 0.306 e. The second-order valence-electron chi connectivity index (χ2n) is 9.32. The van der Waals surface area contributed by atoms with Gasteiger partial charge in [0.05, 0.1) is 0 Å². The Morgan fingerprint density at radius 3 is 1.69 bits per heavy atom. The van der Waals surface area contributed by atoms with E-state index in [2.05, 4.69) is 13.8 Å². The van der Waals surface area contributed by atoms with Gasteiger partial charge in [-0.25, -0.2) is 0 Å². The van der Waals surface area contributed by atoms with E-state index in [9.17, 15) is 17.8 Å². The normalized spacial score (nSPS) is 12.9. The van der Waals surface area contributed by atoms with Crippen molar-refractivity contribution in [2.75, 3.05) is 25.9 Å². The van der Waals surface area contributed by atoms with E-state index in [0.717, 1.165) is 38.6 Å². The molecule has 0 aliphatic heterocycles. The van der Waals surface area contributed by atoms with E-state index in [1.807, 2.05) is 11.9 Å². The number of likely N-dealkylation sites (N-methyl/N-ethyl adjacent to an activating group) is 1. The van der Waals surface area contributed by atoms with Gasteiger partial charge in [-0.1, -0.05) is 104 Å². The Morgan fingerprint density at radius 1 is 0.781 bits per heavy atom. The molecule has 6 nitrogen and oxygen atoms in total. The molecule has 0 fully saturated rings.